The maximum absolute atomic E-state index is 13.5. The molecule has 8 heteroatoms. The Labute approximate surface area is 239 Å². The highest BCUT2D eigenvalue weighted by Crippen LogP contribution is 2.59. The Bertz CT molecular complexity index is 1440. The lowest BCUT2D eigenvalue weighted by atomic mass is 9.55. The van der Waals surface area contributed by atoms with Gasteiger partial charge in [0.2, 0.25) is 0 Å². The summed E-state index contributed by atoms with van der Waals surface area (Å²) in [7, 11) is 3.11. The average Bonchev–Trinajstić information content (AvgIpc) is 3.00. The third-order valence-corrected chi connectivity index (χ3v) is 8.67. The summed E-state index contributed by atoms with van der Waals surface area (Å²) in [5.74, 6) is 1.51. The van der Waals surface area contributed by atoms with Crippen LogP contribution in [0.2, 0.25) is 0 Å². The number of benzene rings is 3. The van der Waals surface area contributed by atoms with Gasteiger partial charge in [0.15, 0.2) is 11.5 Å². The highest BCUT2D eigenvalue weighted by molar-refractivity contribution is 5.72. The van der Waals surface area contributed by atoms with Gasteiger partial charge in [-0.2, -0.15) is 0 Å². The smallest absolute Gasteiger partial charge is 0.410 e. The molecule has 4 atom stereocenters. The molecule has 214 valence electrons. The van der Waals surface area contributed by atoms with Crippen LogP contribution in [0.3, 0.4) is 0 Å². The van der Waals surface area contributed by atoms with Crippen molar-refractivity contribution in [3.8, 4) is 11.5 Å². The van der Waals surface area contributed by atoms with Gasteiger partial charge in [0, 0.05) is 23.1 Å². The van der Waals surface area contributed by atoms with Crippen molar-refractivity contribution >= 4 is 6.09 Å². The first kappa shape index (κ1) is 27.2. The van der Waals surface area contributed by atoms with Crippen LogP contribution in [0.15, 0.2) is 84.1 Å². The Morgan fingerprint density at radius 3 is 2.27 bits per heavy atom. The number of carbonyl (C=O) groups excluding carboxylic acids is 1. The van der Waals surface area contributed by atoms with E-state index in [1.54, 1.807) is 12.0 Å². The predicted molar refractivity (Wildman–Crippen MR) is 152 cm³/mol. The summed E-state index contributed by atoms with van der Waals surface area (Å²) in [4.78, 5) is 15.2. The van der Waals surface area contributed by atoms with Gasteiger partial charge >= 0.3 is 6.09 Å². The number of carbonyl (C=O) groups is 1. The summed E-state index contributed by atoms with van der Waals surface area (Å²) in [5, 5.41) is 22.2. The van der Waals surface area contributed by atoms with E-state index < -0.39 is 29.8 Å². The number of methoxy groups -OCH3 is 2. The normalized spacial score (nSPS) is 24.7. The van der Waals surface area contributed by atoms with E-state index in [-0.39, 0.29) is 13.0 Å². The number of hydrogen-bond donors (Lipinski definition) is 2. The molecule has 1 amide bonds. The minimum atomic E-state index is -1.20. The van der Waals surface area contributed by atoms with Crippen molar-refractivity contribution in [1.29, 1.82) is 0 Å². The molecule has 0 aromatic heterocycles. The molecular weight excluding hydrogens is 522 g/mol. The van der Waals surface area contributed by atoms with E-state index in [4.69, 9.17) is 18.9 Å². The number of ether oxygens (including phenoxy) is 4. The van der Waals surface area contributed by atoms with Gasteiger partial charge in [-0.3, -0.25) is 0 Å². The summed E-state index contributed by atoms with van der Waals surface area (Å²) in [5.41, 5.74) is 3.92. The molecule has 1 aliphatic heterocycles. The zero-order valence-electron chi connectivity index (χ0n) is 23.3. The fourth-order valence-corrected chi connectivity index (χ4v) is 6.86. The third-order valence-electron chi connectivity index (χ3n) is 8.67. The van der Waals surface area contributed by atoms with E-state index in [9.17, 15) is 15.0 Å². The molecule has 6 rings (SSSR count). The molecule has 2 aliphatic carbocycles. The number of nitrogens with zero attached hydrogens (tertiary/aromatic N) is 1. The van der Waals surface area contributed by atoms with Gasteiger partial charge in [-0.15, -0.1) is 0 Å². The minimum absolute atomic E-state index is 0.164. The van der Waals surface area contributed by atoms with Crippen LogP contribution in [0.5, 0.6) is 11.5 Å². The number of fused-ring (bicyclic) bond motifs is 1. The second-order valence-corrected chi connectivity index (χ2v) is 10.9. The van der Waals surface area contributed by atoms with E-state index in [0.717, 1.165) is 27.8 Å². The highest BCUT2D eigenvalue weighted by atomic mass is 16.6. The number of aliphatic hydroxyl groups excluding tert-OH is 2. The van der Waals surface area contributed by atoms with Gasteiger partial charge < -0.3 is 34.1 Å². The minimum Gasteiger partial charge on any atom is -0.498 e. The lowest BCUT2D eigenvalue weighted by Crippen LogP contribution is -2.61. The van der Waals surface area contributed by atoms with E-state index in [1.165, 1.54) is 7.11 Å². The van der Waals surface area contributed by atoms with Gasteiger partial charge in [0.25, 0.3) is 0 Å². The van der Waals surface area contributed by atoms with Crippen LogP contribution in [0.4, 0.5) is 4.79 Å². The van der Waals surface area contributed by atoms with E-state index in [1.807, 2.05) is 72.8 Å². The van der Waals surface area contributed by atoms with Crippen LogP contribution in [-0.4, -0.2) is 60.2 Å². The largest absolute Gasteiger partial charge is 0.498 e. The molecule has 1 fully saturated rings. The van der Waals surface area contributed by atoms with Crippen LogP contribution < -0.4 is 9.47 Å². The Morgan fingerprint density at radius 2 is 1.61 bits per heavy atom. The molecule has 0 unspecified atom stereocenters. The van der Waals surface area contributed by atoms with Crippen LogP contribution in [-0.2, 0) is 34.5 Å². The molecule has 0 radical (unpaired) electrons. The Balaban J connectivity index is 1.43. The van der Waals surface area contributed by atoms with Crippen molar-refractivity contribution in [3.63, 3.8) is 0 Å². The molecule has 1 heterocycles. The van der Waals surface area contributed by atoms with E-state index >= 15 is 0 Å². The highest BCUT2D eigenvalue weighted by Gasteiger charge is 2.58. The average molecular weight is 558 g/mol. The SMILES string of the molecule is COC1=C2[C@H]3Cc4ccc(OC)c(OCc5ccccc5)c4[C@@]2(CCN3C(=O)OCc2ccccc2)C[C@H](O)[C@H]1O. The predicted octanol–water partition coefficient (Wildman–Crippen LogP) is 4.51. The number of hydrogen-bond acceptors (Lipinski definition) is 7. The lowest BCUT2D eigenvalue weighted by Gasteiger charge is -2.56. The fourth-order valence-electron chi connectivity index (χ4n) is 6.86. The number of rotatable bonds is 7. The summed E-state index contributed by atoms with van der Waals surface area (Å²) in [6.45, 7) is 0.916. The van der Waals surface area contributed by atoms with Crippen molar-refractivity contribution in [2.24, 2.45) is 0 Å². The number of piperidine rings is 1. The van der Waals surface area contributed by atoms with Crippen molar-refractivity contribution in [2.45, 2.75) is 56.1 Å². The van der Waals surface area contributed by atoms with Crippen molar-refractivity contribution < 1.29 is 34.0 Å². The topological polar surface area (TPSA) is 97.7 Å². The zero-order valence-corrected chi connectivity index (χ0v) is 23.3. The quantitative estimate of drug-likeness (QED) is 0.441. The summed E-state index contributed by atoms with van der Waals surface area (Å²) in [6, 6.07) is 23.0. The molecule has 0 saturated carbocycles. The third kappa shape index (κ3) is 4.71. The van der Waals surface area contributed by atoms with Crippen molar-refractivity contribution in [2.75, 3.05) is 20.8 Å². The molecule has 8 nitrogen and oxygen atoms in total. The van der Waals surface area contributed by atoms with Crippen LogP contribution in [0, 0.1) is 0 Å². The second kappa shape index (κ2) is 11.1. The van der Waals surface area contributed by atoms with Crippen LogP contribution in [0.25, 0.3) is 0 Å². The molecule has 2 bridgehead atoms. The second-order valence-electron chi connectivity index (χ2n) is 10.9. The molecule has 41 heavy (non-hydrogen) atoms. The van der Waals surface area contributed by atoms with Crippen molar-refractivity contribution in [3.05, 3.63) is 106 Å². The van der Waals surface area contributed by atoms with Gasteiger partial charge in [-0.05, 0) is 42.0 Å². The first-order chi connectivity index (χ1) is 20.0. The van der Waals surface area contributed by atoms with Gasteiger partial charge in [0.05, 0.1) is 26.4 Å². The maximum atomic E-state index is 13.5. The standard InChI is InChI=1S/C33H35NO7/c1-38-26-14-13-23-17-24-28-31(39-2)29(36)25(35)18-33(28,27(23)30(26)40-19-21-9-5-3-6-10-21)15-16-34(24)32(37)41-20-22-11-7-4-8-12-22/h3-14,24-25,29,35-36H,15-20H2,1-2H3/t24-,25+,29-,33-/m1/s1. The number of amides is 1. The summed E-state index contributed by atoms with van der Waals surface area (Å²) >= 11 is 0. The first-order valence-corrected chi connectivity index (χ1v) is 14.0. The first-order valence-electron chi connectivity index (χ1n) is 14.0. The molecular formula is C33H35NO7. The van der Waals surface area contributed by atoms with Crippen LogP contribution in [0.1, 0.15) is 35.1 Å². The Morgan fingerprint density at radius 1 is 0.927 bits per heavy atom. The molecule has 1 saturated heterocycles. The summed E-state index contributed by atoms with van der Waals surface area (Å²) < 4.78 is 23.8. The number of aliphatic hydroxyl groups is 2. The Kier molecular flexibility index (Phi) is 7.36. The zero-order chi connectivity index (χ0) is 28.6. The van der Waals surface area contributed by atoms with Crippen molar-refractivity contribution in [1.82, 2.24) is 4.90 Å². The molecule has 3 aromatic rings. The number of likely N-dealkylation sites (tertiary alicyclic amines) is 1. The van der Waals surface area contributed by atoms with Gasteiger partial charge in [0.1, 0.15) is 25.1 Å². The molecule has 2 N–H and O–H groups in total. The molecule has 3 aromatic carbocycles. The summed E-state index contributed by atoms with van der Waals surface area (Å²) in [6.07, 6.45) is -1.43. The van der Waals surface area contributed by atoms with E-state index in [0.29, 0.717) is 43.3 Å². The maximum Gasteiger partial charge on any atom is 0.410 e. The lowest BCUT2D eigenvalue weighted by molar-refractivity contribution is -0.0351. The van der Waals surface area contributed by atoms with Gasteiger partial charge in [-0.25, -0.2) is 4.79 Å². The van der Waals surface area contributed by atoms with Crippen LogP contribution >= 0.6 is 0 Å². The van der Waals surface area contributed by atoms with E-state index in [2.05, 4.69) is 0 Å². The van der Waals surface area contributed by atoms with Gasteiger partial charge in [-0.1, -0.05) is 66.7 Å². The Hall–Kier alpha value is -4.01. The monoisotopic (exact) mass is 557 g/mol. The molecule has 0 spiro atoms. The fraction of sp³-hybridized carbons (Fsp3) is 0.364. The molecule has 3 aliphatic rings.